The Morgan fingerprint density at radius 3 is 2.52 bits per heavy atom. The van der Waals surface area contributed by atoms with Gasteiger partial charge in [-0.25, -0.2) is 19.9 Å². The zero-order valence-corrected chi connectivity index (χ0v) is 30.3. The molecule has 0 bridgehead atoms. The molecule has 11 heteroatoms. The summed E-state index contributed by atoms with van der Waals surface area (Å²) in [6.07, 6.45) is 6.79. The molecule has 10 nitrogen and oxygen atoms in total. The maximum absolute atomic E-state index is 13.2. The Morgan fingerprint density at radius 2 is 1.75 bits per heavy atom. The van der Waals surface area contributed by atoms with Crippen LogP contribution in [0.25, 0.3) is 33.4 Å². The van der Waals surface area contributed by atoms with E-state index in [1.165, 1.54) is 0 Å². The smallest absolute Gasteiger partial charge is 0.252 e. The molecule has 0 unspecified atom stereocenters. The molecule has 2 fully saturated rings. The van der Waals surface area contributed by atoms with E-state index in [9.17, 15) is 4.79 Å². The molecule has 0 aliphatic carbocycles. The highest BCUT2D eigenvalue weighted by molar-refractivity contribution is 7.99. The monoisotopic (exact) mass is 711 g/mol. The molecule has 0 saturated carbocycles. The summed E-state index contributed by atoms with van der Waals surface area (Å²) in [5.41, 5.74) is 6.58. The lowest BCUT2D eigenvalue weighted by molar-refractivity contribution is -0.142. The molecular weight excluding hydrogens is 671 g/mol. The summed E-state index contributed by atoms with van der Waals surface area (Å²) in [5, 5.41) is 4.49. The molecule has 6 aromatic rings. The maximum Gasteiger partial charge on any atom is 0.252 e. The van der Waals surface area contributed by atoms with Crippen molar-refractivity contribution in [1.29, 1.82) is 0 Å². The third-order valence-electron chi connectivity index (χ3n) is 9.80. The topological polar surface area (TPSA) is 118 Å². The number of aromatic nitrogens is 5. The van der Waals surface area contributed by atoms with E-state index in [1.54, 1.807) is 25.2 Å². The van der Waals surface area contributed by atoms with Crippen LogP contribution in [-0.4, -0.2) is 62.1 Å². The lowest BCUT2D eigenvalue weighted by Crippen LogP contribution is -2.38. The van der Waals surface area contributed by atoms with Gasteiger partial charge in [0.2, 0.25) is 0 Å². The summed E-state index contributed by atoms with van der Waals surface area (Å²) in [5.74, 6) is 2.74. The molecule has 2 aliphatic heterocycles. The van der Waals surface area contributed by atoms with Gasteiger partial charge in [0.25, 0.3) is 5.91 Å². The van der Waals surface area contributed by atoms with E-state index in [4.69, 9.17) is 19.4 Å². The van der Waals surface area contributed by atoms with Gasteiger partial charge >= 0.3 is 0 Å². The first-order valence-corrected chi connectivity index (χ1v) is 18.7. The van der Waals surface area contributed by atoms with E-state index in [1.807, 2.05) is 35.4 Å². The van der Waals surface area contributed by atoms with Gasteiger partial charge in [-0.15, -0.1) is 0 Å². The first-order valence-electron chi connectivity index (χ1n) is 17.9. The highest BCUT2D eigenvalue weighted by atomic mass is 32.2. The fourth-order valence-corrected chi connectivity index (χ4v) is 7.82. The number of H-pyrrole nitrogens is 1. The van der Waals surface area contributed by atoms with Crippen LogP contribution in [0.3, 0.4) is 0 Å². The number of hydrogen-bond donors (Lipinski definition) is 2. The molecule has 5 heterocycles. The summed E-state index contributed by atoms with van der Waals surface area (Å²) in [6, 6.07) is 27.0. The van der Waals surface area contributed by atoms with Gasteiger partial charge in [-0.05, 0) is 91.3 Å². The largest absolute Gasteiger partial charge is 0.497 e. The molecule has 3 aromatic carbocycles. The number of rotatable bonds is 10. The van der Waals surface area contributed by atoms with Crippen LogP contribution in [0.15, 0.2) is 101 Å². The van der Waals surface area contributed by atoms with Crippen molar-refractivity contribution >= 4 is 40.2 Å². The highest BCUT2D eigenvalue weighted by Crippen LogP contribution is 2.39. The van der Waals surface area contributed by atoms with E-state index >= 15 is 0 Å². The molecule has 0 radical (unpaired) electrons. The van der Waals surface area contributed by atoms with Gasteiger partial charge in [-0.1, -0.05) is 55.9 Å². The second kappa shape index (κ2) is 14.8. The predicted octanol–water partition coefficient (Wildman–Crippen LogP) is 8.95. The van der Waals surface area contributed by atoms with Gasteiger partial charge < -0.3 is 24.7 Å². The zero-order chi connectivity index (χ0) is 35.6. The van der Waals surface area contributed by atoms with Crippen LogP contribution in [0.5, 0.6) is 5.75 Å². The van der Waals surface area contributed by atoms with Crippen molar-refractivity contribution in [3.8, 4) is 28.1 Å². The molecule has 0 spiro atoms. The zero-order valence-electron chi connectivity index (χ0n) is 29.5. The Labute approximate surface area is 307 Å². The minimum Gasteiger partial charge on any atom is -0.497 e. The maximum atomic E-state index is 13.2. The number of carbonyl (C=O) groups is 1. The van der Waals surface area contributed by atoms with Crippen LogP contribution in [0.4, 0.5) is 11.5 Å². The average molecular weight is 712 g/mol. The molecule has 8 rings (SSSR count). The Bertz CT molecular complexity index is 2200. The number of anilines is 2. The molecular formula is C41H41N7O3S. The van der Waals surface area contributed by atoms with Crippen molar-refractivity contribution in [1.82, 2.24) is 29.8 Å². The average Bonchev–Trinajstić information content (AvgIpc) is 3.99. The number of pyridine rings is 1. The van der Waals surface area contributed by atoms with Crippen LogP contribution < -0.4 is 10.1 Å². The number of ether oxygens (including phenoxy) is 2. The van der Waals surface area contributed by atoms with E-state index in [2.05, 4.69) is 88.7 Å². The number of carbonyl (C=O) groups excluding carboxylic acids is 1. The summed E-state index contributed by atoms with van der Waals surface area (Å²) in [6.45, 7) is 5.66. The van der Waals surface area contributed by atoms with Crippen molar-refractivity contribution in [2.45, 2.75) is 67.4 Å². The number of hydrogen-bond acceptors (Lipinski definition) is 9. The van der Waals surface area contributed by atoms with Gasteiger partial charge in [-0.2, -0.15) is 0 Å². The minimum atomic E-state index is -0.316. The van der Waals surface area contributed by atoms with Gasteiger partial charge in [0.05, 0.1) is 29.9 Å². The summed E-state index contributed by atoms with van der Waals surface area (Å²) in [7, 11) is 1.67. The van der Waals surface area contributed by atoms with Crippen LogP contribution >= 0.6 is 11.8 Å². The van der Waals surface area contributed by atoms with Crippen molar-refractivity contribution < 1.29 is 14.3 Å². The molecule has 2 atom stereocenters. The quantitative estimate of drug-likeness (QED) is 0.144. The van der Waals surface area contributed by atoms with E-state index in [0.717, 1.165) is 92.7 Å². The molecule has 52 heavy (non-hydrogen) atoms. The molecule has 2 N–H and O–H groups in total. The van der Waals surface area contributed by atoms with Crippen LogP contribution in [0.2, 0.25) is 0 Å². The van der Waals surface area contributed by atoms with Crippen LogP contribution in [-0.2, 0) is 9.53 Å². The number of nitrogens with zero attached hydrogens (tertiary/aromatic N) is 5. The molecule has 3 aromatic heterocycles. The second-order valence-electron chi connectivity index (χ2n) is 13.5. The lowest BCUT2D eigenvalue weighted by atomic mass is 10.0. The summed E-state index contributed by atoms with van der Waals surface area (Å²) >= 11 is 1.67. The van der Waals surface area contributed by atoms with E-state index < -0.39 is 0 Å². The standard InChI is InChI=1S/C41H41N7O3S/c1-25(2)32-18-17-31-38(45-32)43-24-44-39(31)46-33-22-28(12-19-37(33)52-30-15-13-29(50-3)14-16-30)26-8-10-27(11-9-26)34-23-42-40(47-34)35-6-4-20-48(35)41(49)36-7-5-21-51-36/h8-19,22-25,35-36H,4-7,20-21H2,1-3H3,(H,42,47)(H,43,44,45,46)/t35-,36-/m0/s1. The number of likely N-dealkylation sites (tertiary alicyclic amines) is 1. The number of imidazole rings is 1. The summed E-state index contributed by atoms with van der Waals surface area (Å²) < 4.78 is 11.1. The Kier molecular flexibility index (Phi) is 9.62. The van der Waals surface area contributed by atoms with Gasteiger partial charge in [0.1, 0.15) is 29.8 Å². The van der Waals surface area contributed by atoms with Gasteiger partial charge in [0.15, 0.2) is 5.65 Å². The van der Waals surface area contributed by atoms with Crippen molar-refractivity contribution in [3.63, 3.8) is 0 Å². The number of benzene rings is 3. The third kappa shape index (κ3) is 6.98. The van der Waals surface area contributed by atoms with E-state index in [-0.39, 0.29) is 18.1 Å². The summed E-state index contributed by atoms with van der Waals surface area (Å²) in [4.78, 5) is 39.5. The van der Waals surface area contributed by atoms with Crippen LogP contribution in [0.1, 0.15) is 63.0 Å². The van der Waals surface area contributed by atoms with E-state index in [0.29, 0.717) is 24.0 Å². The molecule has 2 aliphatic rings. The first kappa shape index (κ1) is 33.9. The van der Waals surface area contributed by atoms with Gasteiger partial charge in [0, 0.05) is 40.4 Å². The Hall–Kier alpha value is -5.26. The Balaban J connectivity index is 1.07. The SMILES string of the molecule is COc1ccc(Sc2ccc(-c3ccc(-c4c[nH]c([C@@H]5CCCN5C(=O)[C@@H]5CCCO5)n4)cc3)cc2Nc2ncnc3nc(C(C)C)ccc23)cc1. The van der Waals surface area contributed by atoms with Crippen molar-refractivity contribution in [2.75, 3.05) is 25.6 Å². The second-order valence-corrected chi connectivity index (χ2v) is 14.7. The third-order valence-corrected chi connectivity index (χ3v) is 10.9. The van der Waals surface area contributed by atoms with Crippen molar-refractivity contribution in [3.05, 3.63) is 103 Å². The van der Waals surface area contributed by atoms with Gasteiger partial charge in [-0.3, -0.25) is 4.79 Å². The first-order chi connectivity index (χ1) is 25.4. The normalized spacial score (nSPS) is 17.3. The number of nitrogens with one attached hydrogen (secondary N) is 2. The minimum absolute atomic E-state index is 0.0509. The molecule has 1 amide bonds. The number of fused-ring (bicyclic) bond motifs is 1. The molecule has 2 saturated heterocycles. The Morgan fingerprint density at radius 1 is 0.942 bits per heavy atom. The fraction of sp³-hybridized carbons (Fsp3) is 0.293. The predicted molar refractivity (Wildman–Crippen MR) is 204 cm³/mol. The lowest BCUT2D eigenvalue weighted by Gasteiger charge is -2.25. The van der Waals surface area contributed by atoms with Crippen LogP contribution in [0, 0.1) is 0 Å². The fourth-order valence-electron chi connectivity index (χ4n) is 6.93. The highest BCUT2D eigenvalue weighted by Gasteiger charge is 2.37. The number of aromatic amines is 1. The number of amides is 1. The number of methoxy groups -OCH3 is 1. The molecule has 264 valence electrons. The van der Waals surface area contributed by atoms with Crippen molar-refractivity contribution in [2.24, 2.45) is 0 Å².